The number of rotatable bonds is 5. The second-order valence-corrected chi connectivity index (χ2v) is 8.11. The van der Waals surface area contributed by atoms with E-state index in [2.05, 4.69) is 18.6 Å². The molecular weight excluding hydrogens is 286 g/mol. The van der Waals surface area contributed by atoms with Crippen molar-refractivity contribution in [3.8, 4) is 0 Å². The zero-order valence-electron chi connectivity index (χ0n) is 12.7. The van der Waals surface area contributed by atoms with Crippen LogP contribution in [0.1, 0.15) is 44.2 Å². The third-order valence-electron chi connectivity index (χ3n) is 4.29. The van der Waals surface area contributed by atoms with E-state index in [4.69, 9.17) is 5.11 Å². The van der Waals surface area contributed by atoms with Gasteiger partial charge in [-0.05, 0) is 42.2 Å². The lowest BCUT2D eigenvalue weighted by Crippen LogP contribution is -2.42. The van der Waals surface area contributed by atoms with Crippen LogP contribution in [0.25, 0.3) is 0 Å². The first-order valence-electron chi connectivity index (χ1n) is 7.58. The van der Waals surface area contributed by atoms with Gasteiger partial charge in [0.05, 0.1) is 12.4 Å². The Kier molecular flexibility index (Phi) is 5.41. The van der Waals surface area contributed by atoms with Gasteiger partial charge in [0.15, 0.2) is 0 Å². The van der Waals surface area contributed by atoms with Crippen LogP contribution in [0.2, 0.25) is 0 Å². The molecule has 1 aliphatic carbocycles. The summed E-state index contributed by atoms with van der Waals surface area (Å²) in [5, 5.41) is 9.12. The maximum atomic E-state index is 12.3. The predicted molar refractivity (Wildman–Crippen MR) is 84.1 cm³/mol. The molecular formula is C16H25NO3S. The zero-order chi connectivity index (χ0) is 15.5. The fraction of sp³-hybridized carbons (Fsp3) is 0.625. The van der Waals surface area contributed by atoms with Crippen LogP contribution in [0, 0.1) is 11.8 Å². The molecule has 4 nitrogen and oxygen atoms in total. The zero-order valence-corrected chi connectivity index (χ0v) is 13.6. The summed E-state index contributed by atoms with van der Waals surface area (Å²) < 4.78 is 27.5. The predicted octanol–water partition coefficient (Wildman–Crippen LogP) is 2.42. The van der Waals surface area contributed by atoms with E-state index in [1.807, 2.05) is 0 Å². The minimum absolute atomic E-state index is 0.0282. The summed E-state index contributed by atoms with van der Waals surface area (Å²) in [4.78, 5) is 0. The van der Waals surface area contributed by atoms with Crippen LogP contribution in [0.15, 0.2) is 24.3 Å². The lowest BCUT2D eigenvalue weighted by Gasteiger charge is -2.32. The minimum Gasteiger partial charge on any atom is -0.392 e. The molecule has 1 aromatic carbocycles. The van der Waals surface area contributed by atoms with Gasteiger partial charge in [-0.2, -0.15) is 0 Å². The highest BCUT2D eigenvalue weighted by Gasteiger charge is 2.28. The smallest absolute Gasteiger partial charge is 0.216 e. The number of benzene rings is 1. The second-order valence-electron chi connectivity index (χ2n) is 6.36. The van der Waals surface area contributed by atoms with Crippen LogP contribution in [0.5, 0.6) is 0 Å². The van der Waals surface area contributed by atoms with E-state index in [0.717, 1.165) is 24.8 Å². The Bertz CT molecular complexity index is 571. The number of nitrogens with one attached hydrogen (secondary N) is 1. The molecule has 118 valence electrons. The van der Waals surface area contributed by atoms with Crippen molar-refractivity contribution in [1.82, 2.24) is 4.72 Å². The average Bonchev–Trinajstić information content (AvgIpc) is 2.41. The van der Waals surface area contributed by atoms with Gasteiger partial charge in [-0.25, -0.2) is 13.1 Å². The number of hydrogen-bond acceptors (Lipinski definition) is 3. The summed E-state index contributed by atoms with van der Waals surface area (Å²) in [5.74, 6) is 1.04. The van der Waals surface area contributed by atoms with Gasteiger partial charge in [-0.1, -0.05) is 38.1 Å². The van der Waals surface area contributed by atoms with Gasteiger partial charge in [0.1, 0.15) is 0 Å². The van der Waals surface area contributed by atoms with Crippen molar-refractivity contribution in [1.29, 1.82) is 0 Å². The Morgan fingerprint density at radius 2 is 1.95 bits per heavy atom. The number of sulfonamides is 1. The molecule has 3 unspecified atom stereocenters. The SMILES string of the molecule is CC1CCC(NS(=O)(=O)Cc2cccc(CO)c2)C(C)C1. The second kappa shape index (κ2) is 6.90. The van der Waals surface area contributed by atoms with Gasteiger partial charge < -0.3 is 5.11 Å². The van der Waals surface area contributed by atoms with Gasteiger partial charge in [-0.3, -0.25) is 0 Å². The fourth-order valence-corrected chi connectivity index (χ4v) is 4.66. The average molecular weight is 311 g/mol. The molecule has 3 atom stereocenters. The summed E-state index contributed by atoms with van der Waals surface area (Å²) in [6, 6.07) is 7.14. The van der Waals surface area contributed by atoms with Crippen molar-refractivity contribution in [2.45, 2.75) is 51.5 Å². The molecule has 21 heavy (non-hydrogen) atoms. The first-order valence-corrected chi connectivity index (χ1v) is 9.23. The van der Waals surface area contributed by atoms with Crippen molar-refractivity contribution in [2.24, 2.45) is 11.8 Å². The molecule has 0 bridgehead atoms. The molecule has 1 aliphatic rings. The molecule has 0 amide bonds. The van der Waals surface area contributed by atoms with Crippen molar-refractivity contribution >= 4 is 10.0 Å². The molecule has 2 rings (SSSR count). The molecule has 1 saturated carbocycles. The topological polar surface area (TPSA) is 66.4 Å². The molecule has 1 fully saturated rings. The maximum absolute atomic E-state index is 12.3. The number of aliphatic hydroxyl groups is 1. The minimum atomic E-state index is -3.34. The van der Waals surface area contributed by atoms with Crippen LogP contribution in [0.4, 0.5) is 0 Å². The summed E-state index contributed by atoms with van der Waals surface area (Å²) in [6.07, 6.45) is 3.07. The Morgan fingerprint density at radius 1 is 1.24 bits per heavy atom. The third kappa shape index (κ3) is 4.80. The van der Waals surface area contributed by atoms with Crippen molar-refractivity contribution in [2.75, 3.05) is 0 Å². The fourth-order valence-electron chi connectivity index (χ4n) is 3.15. The van der Waals surface area contributed by atoms with Crippen LogP contribution in [-0.4, -0.2) is 19.6 Å². The normalized spacial score (nSPS) is 26.7. The molecule has 0 saturated heterocycles. The van der Waals surface area contributed by atoms with Crippen molar-refractivity contribution in [3.05, 3.63) is 35.4 Å². The van der Waals surface area contributed by atoms with E-state index in [1.165, 1.54) is 0 Å². The lowest BCUT2D eigenvalue weighted by atomic mass is 9.80. The molecule has 0 radical (unpaired) electrons. The van der Waals surface area contributed by atoms with Crippen LogP contribution in [-0.2, 0) is 22.4 Å². The van der Waals surface area contributed by atoms with E-state index in [0.29, 0.717) is 17.4 Å². The van der Waals surface area contributed by atoms with E-state index in [9.17, 15) is 8.42 Å². The summed E-state index contributed by atoms with van der Waals surface area (Å²) >= 11 is 0. The van der Waals surface area contributed by atoms with Gasteiger partial charge in [0, 0.05) is 6.04 Å². The van der Waals surface area contributed by atoms with E-state index < -0.39 is 10.0 Å². The molecule has 0 aliphatic heterocycles. The van der Waals surface area contributed by atoms with E-state index in [1.54, 1.807) is 24.3 Å². The quantitative estimate of drug-likeness (QED) is 0.877. The van der Waals surface area contributed by atoms with Gasteiger partial charge in [-0.15, -0.1) is 0 Å². The summed E-state index contributed by atoms with van der Waals surface area (Å²) in [6.45, 7) is 4.27. The molecule has 2 N–H and O–H groups in total. The van der Waals surface area contributed by atoms with Crippen LogP contribution in [0.3, 0.4) is 0 Å². The molecule has 0 heterocycles. The Morgan fingerprint density at radius 3 is 2.62 bits per heavy atom. The lowest BCUT2D eigenvalue weighted by molar-refractivity contribution is 0.249. The highest BCUT2D eigenvalue weighted by molar-refractivity contribution is 7.88. The Balaban J connectivity index is 2.01. The Labute approximate surface area is 127 Å². The first kappa shape index (κ1) is 16.5. The van der Waals surface area contributed by atoms with Crippen molar-refractivity contribution < 1.29 is 13.5 Å². The molecule has 0 aromatic heterocycles. The summed E-state index contributed by atoms with van der Waals surface area (Å²) in [7, 11) is -3.34. The number of aliphatic hydroxyl groups excluding tert-OH is 1. The van der Waals surface area contributed by atoms with Gasteiger partial charge >= 0.3 is 0 Å². The van der Waals surface area contributed by atoms with E-state index in [-0.39, 0.29) is 18.4 Å². The monoisotopic (exact) mass is 311 g/mol. The highest BCUT2D eigenvalue weighted by atomic mass is 32.2. The standard InChI is InChI=1S/C16H25NO3S/c1-12-6-7-16(13(2)8-12)17-21(19,20)11-15-5-3-4-14(9-15)10-18/h3-5,9,12-13,16-18H,6-8,10-11H2,1-2H3. The van der Waals surface area contributed by atoms with Crippen LogP contribution >= 0.6 is 0 Å². The first-order chi connectivity index (χ1) is 9.89. The molecule has 0 spiro atoms. The third-order valence-corrected chi connectivity index (χ3v) is 5.67. The van der Waals surface area contributed by atoms with Crippen LogP contribution < -0.4 is 4.72 Å². The van der Waals surface area contributed by atoms with E-state index >= 15 is 0 Å². The molecule has 1 aromatic rings. The maximum Gasteiger partial charge on any atom is 0.216 e. The van der Waals surface area contributed by atoms with Gasteiger partial charge in [0.25, 0.3) is 0 Å². The largest absolute Gasteiger partial charge is 0.392 e. The Hall–Kier alpha value is -0.910. The summed E-state index contributed by atoms with van der Waals surface area (Å²) in [5.41, 5.74) is 1.45. The highest BCUT2D eigenvalue weighted by Crippen LogP contribution is 2.29. The van der Waals surface area contributed by atoms with Gasteiger partial charge in [0.2, 0.25) is 10.0 Å². The number of hydrogen-bond donors (Lipinski definition) is 2. The molecule has 5 heteroatoms. The van der Waals surface area contributed by atoms with Crippen molar-refractivity contribution in [3.63, 3.8) is 0 Å².